The first-order valence-electron chi connectivity index (χ1n) is 8.30. The molecule has 0 unspecified atom stereocenters. The van der Waals surface area contributed by atoms with Crippen LogP contribution in [0.2, 0.25) is 0 Å². The molecule has 6 nitrogen and oxygen atoms in total. The minimum absolute atomic E-state index is 0. The number of nitrogens with zero attached hydrogens (tertiary/aromatic N) is 2. The second-order valence-electron chi connectivity index (χ2n) is 5.41. The largest absolute Gasteiger partial charge is 0.497 e. The van der Waals surface area contributed by atoms with E-state index in [-0.39, 0.29) is 24.0 Å². The fraction of sp³-hybridized carbons (Fsp3) is 0.444. The van der Waals surface area contributed by atoms with Crippen molar-refractivity contribution < 1.29 is 9.47 Å². The third-order valence-corrected chi connectivity index (χ3v) is 4.52. The lowest BCUT2D eigenvalue weighted by molar-refractivity contribution is 0.391. The van der Waals surface area contributed by atoms with Gasteiger partial charge in [0.1, 0.15) is 11.5 Å². The van der Waals surface area contributed by atoms with E-state index in [1.807, 2.05) is 24.4 Å². The van der Waals surface area contributed by atoms with E-state index in [0.717, 1.165) is 47.5 Å². The second kappa shape index (κ2) is 11.9. The quantitative estimate of drug-likeness (QED) is 0.338. The van der Waals surface area contributed by atoms with Gasteiger partial charge in [0.2, 0.25) is 0 Å². The number of thiazole rings is 1. The Hall–Kier alpha value is -1.55. The summed E-state index contributed by atoms with van der Waals surface area (Å²) in [5.41, 5.74) is 1.01. The maximum atomic E-state index is 5.42. The van der Waals surface area contributed by atoms with Crippen molar-refractivity contribution in [3.05, 3.63) is 39.8 Å². The highest BCUT2D eigenvalue weighted by atomic mass is 127. The van der Waals surface area contributed by atoms with Crippen molar-refractivity contribution in [1.29, 1.82) is 0 Å². The highest BCUT2D eigenvalue weighted by molar-refractivity contribution is 14.0. The Balaban J connectivity index is 0.00000338. The summed E-state index contributed by atoms with van der Waals surface area (Å²) in [6, 6.07) is 5.76. The molecule has 1 aromatic carbocycles. The number of rotatable bonds is 8. The number of hydrogen-bond acceptors (Lipinski definition) is 5. The van der Waals surface area contributed by atoms with E-state index >= 15 is 0 Å². The summed E-state index contributed by atoms with van der Waals surface area (Å²) in [6.07, 6.45) is 2.80. The highest BCUT2D eigenvalue weighted by Crippen LogP contribution is 2.25. The Bertz CT molecular complexity index is 706. The Kier molecular flexibility index (Phi) is 10.3. The lowest BCUT2D eigenvalue weighted by atomic mass is 10.2. The molecule has 0 aliphatic carbocycles. The van der Waals surface area contributed by atoms with Gasteiger partial charge < -0.3 is 20.1 Å². The Morgan fingerprint density at radius 1 is 1.23 bits per heavy atom. The first-order valence-corrected chi connectivity index (χ1v) is 9.12. The molecule has 0 aliphatic rings. The van der Waals surface area contributed by atoms with Gasteiger partial charge in [0.15, 0.2) is 5.96 Å². The van der Waals surface area contributed by atoms with Crippen molar-refractivity contribution in [2.75, 3.05) is 27.3 Å². The van der Waals surface area contributed by atoms with Crippen molar-refractivity contribution in [1.82, 2.24) is 15.6 Å². The number of nitrogens with one attached hydrogen (secondary N) is 2. The van der Waals surface area contributed by atoms with Crippen LogP contribution >= 0.6 is 35.3 Å². The summed E-state index contributed by atoms with van der Waals surface area (Å²) in [5.74, 6) is 2.33. The SMILES string of the molecule is CCNC(=NCc1ccc(OC)cc1OC)NCCc1ncc(C)s1.I. The topological polar surface area (TPSA) is 67.8 Å². The van der Waals surface area contributed by atoms with Crippen LogP contribution in [0.4, 0.5) is 0 Å². The molecule has 2 rings (SSSR count). The molecular formula is C18H27IN4O2S. The zero-order chi connectivity index (χ0) is 18.1. The second-order valence-corrected chi connectivity index (χ2v) is 6.73. The molecular weight excluding hydrogens is 463 g/mol. The van der Waals surface area contributed by atoms with Crippen molar-refractivity contribution in [3.63, 3.8) is 0 Å². The molecule has 0 bridgehead atoms. The molecule has 2 N–H and O–H groups in total. The normalized spacial score (nSPS) is 10.8. The summed E-state index contributed by atoms with van der Waals surface area (Å²) in [7, 11) is 3.30. The third kappa shape index (κ3) is 6.99. The van der Waals surface area contributed by atoms with Gasteiger partial charge >= 0.3 is 0 Å². The van der Waals surface area contributed by atoms with E-state index in [9.17, 15) is 0 Å². The average Bonchev–Trinajstić information content (AvgIpc) is 3.04. The van der Waals surface area contributed by atoms with E-state index in [1.54, 1.807) is 25.6 Å². The van der Waals surface area contributed by atoms with Gasteiger partial charge in [-0.05, 0) is 26.0 Å². The van der Waals surface area contributed by atoms with Gasteiger partial charge in [0.25, 0.3) is 0 Å². The van der Waals surface area contributed by atoms with Crippen molar-refractivity contribution >= 4 is 41.3 Å². The van der Waals surface area contributed by atoms with Gasteiger partial charge in [-0.15, -0.1) is 35.3 Å². The molecule has 26 heavy (non-hydrogen) atoms. The molecule has 0 amide bonds. The molecule has 1 aromatic heterocycles. The number of aromatic nitrogens is 1. The van der Waals surface area contributed by atoms with Gasteiger partial charge in [-0.1, -0.05) is 0 Å². The van der Waals surface area contributed by atoms with Crippen LogP contribution in [0, 0.1) is 6.92 Å². The van der Waals surface area contributed by atoms with E-state index < -0.39 is 0 Å². The summed E-state index contributed by atoms with van der Waals surface area (Å²) in [4.78, 5) is 10.3. The molecule has 2 aromatic rings. The minimum atomic E-state index is 0. The third-order valence-electron chi connectivity index (χ3n) is 3.55. The number of aliphatic imine (C=N–C) groups is 1. The van der Waals surface area contributed by atoms with Crippen LogP contribution < -0.4 is 20.1 Å². The van der Waals surface area contributed by atoms with Gasteiger partial charge in [0, 0.05) is 42.2 Å². The molecule has 0 atom stereocenters. The first kappa shape index (κ1) is 22.5. The van der Waals surface area contributed by atoms with Crippen LogP contribution in [0.1, 0.15) is 22.4 Å². The fourth-order valence-corrected chi connectivity index (χ4v) is 3.08. The molecule has 8 heteroatoms. The standard InChI is InChI=1S/C18H26N4O2S.HI/c1-5-19-18(20-9-8-17-21-11-13(2)25-17)22-12-14-6-7-15(23-3)10-16(14)24-4;/h6-7,10-11H,5,8-9,12H2,1-4H3,(H2,19,20,22);1H. The van der Waals surface area contributed by atoms with Gasteiger partial charge in [-0.2, -0.15) is 0 Å². The van der Waals surface area contributed by atoms with Crippen LogP contribution in [0.3, 0.4) is 0 Å². The van der Waals surface area contributed by atoms with Gasteiger partial charge in [-0.3, -0.25) is 0 Å². The average molecular weight is 490 g/mol. The lowest BCUT2D eigenvalue weighted by Crippen LogP contribution is -2.38. The molecule has 144 valence electrons. The number of halogens is 1. The van der Waals surface area contributed by atoms with E-state index in [4.69, 9.17) is 9.47 Å². The van der Waals surface area contributed by atoms with E-state index in [1.165, 1.54) is 4.88 Å². The van der Waals surface area contributed by atoms with Crippen molar-refractivity contribution in [3.8, 4) is 11.5 Å². The van der Waals surface area contributed by atoms with Crippen LogP contribution in [0.15, 0.2) is 29.4 Å². The Labute approximate surface area is 176 Å². The number of methoxy groups -OCH3 is 2. The van der Waals surface area contributed by atoms with Crippen LogP contribution in [-0.4, -0.2) is 38.3 Å². The van der Waals surface area contributed by atoms with Gasteiger partial charge in [0.05, 0.1) is 25.8 Å². The monoisotopic (exact) mass is 490 g/mol. The lowest BCUT2D eigenvalue weighted by Gasteiger charge is -2.12. The van der Waals surface area contributed by atoms with Crippen LogP contribution in [-0.2, 0) is 13.0 Å². The van der Waals surface area contributed by atoms with Crippen molar-refractivity contribution in [2.24, 2.45) is 4.99 Å². The summed E-state index contributed by atoms with van der Waals surface area (Å²) >= 11 is 1.73. The van der Waals surface area contributed by atoms with Crippen LogP contribution in [0.5, 0.6) is 11.5 Å². The van der Waals surface area contributed by atoms with E-state index in [0.29, 0.717) is 6.54 Å². The first-order chi connectivity index (χ1) is 12.2. The zero-order valence-corrected chi connectivity index (χ0v) is 18.8. The molecule has 0 aliphatic heterocycles. The molecule has 0 radical (unpaired) electrons. The number of aryl methyl sites for hydroxylation is 1. The van der Waals surface area contributed by atoms with Gasteiger partial charge in [-0.25, -0.2) is 9.98 Å². The summed E-state index contributed by atoms with van der Waals surface area (Å²) < 4.78 is 10.7. The fourth-order valence-electron chi connectivity index (χ4n) is 2.29. The predicted molar refractivity (Wildman–Crippen MR) is 118 cm³/mol. The molecule has 0 spiro atoms. The molecule has 1 heterocycles. The maximum absolute atomic E-state index is 5.42. The number of hydrogen-bond donors (Lipinski definition) is 2. The van der Waals surface area contributed by atoms with Crippen molar-refractivity contribution in [2.45, 2.75) is 26.8 Å². The summed E-state index contributed by atoms with van der Waals surface area (Å²) in [5, 5.41) is 7.75. The molecule has 0 fully saturated rings. The number of ether oxygens (including phenoxy) is 2. The molecule has 0 saturated heterocycles. The maximum Gasteiger partial charge on any atom is 0.191 e. The summed E-state index contributed by atoms with van der Waals surface area (Å²) in [6.45, 7) is 6.25. The minimum Gasteiger partial charge on any atom is -0.497 e. The smallest absolute Gasteiger partial charge is 0.191 e. The van der Waals surface area contributed by atoms with Crippen LogP contribution in [0.25, 0.3) is 0 Å². The predicted octanol–water partition coefficient (Wildman–Crippen LogP) is 3.38. The zero-order valence-electron chi connectivity index (χ0n) is 15.7. The molecule has 0 saturated carbocycles. The Morgan fingerprint density at radius 2 is 2.04 bits per heavy atom. The highest BCUT2D eigenvalue weighted by Gasteiger charge is 2.06. The van der Waals surface area contributed by atoms with E-state index in [2.05, 4.69) is 34.5 Å². The number of guanidine groups is 1. The number of benzene rings is 1. The Morgan fingerprint density at radius 3 is 2.65 bits per heavy atom.